The second-order valence-electron chi connectivity index (χ2n) is 4.72. The Morgan fingerprint density at radius 1 is 1.33 bits per heavy atom. The molecule has 7 nitrogen and oxygen atoms in total. The SMILES string of the molecule is C[C@@H](NC(=O)c1ccccc1OC(F)(F)C(F)F)c1n[nH]c(=O)[nH]1. The lowest BCUT2D eigenvalue weighted by molar-refractivity contribution is -0.253. The summed E-state index contributed by atoms with van der Waals surface area (Å²) in [5.41, 5.74) is -0.964. The fourth-order valence-electron chi connectivity index (χ4n) is 1.77. The third kappa shape index (κ3) is 3.91. The van der Waals surface area contributed by atoms with Crippen molar-refractivity contribution in [3.63, 3.8) is 0 Å². The molecule has 0 bridgehead atoms. The van der Waals surface area contributed by atoms with Gasteiger partial charge in [-0.1, -0.05) is 12.1 Å². The molecule has 0 fully saturated rings. The highest BCUT2D eigenvalue weighted by Gasteiger charge is 2.44. The van der Waals surface area contributed by atoms with E-state index in [1.54, 1.807) is 0 Å². The summed E-state index contributed by atoms with van der Waals surface area (Å²) in [6, 6.07) is 3.92. The van der Waals surface area contributed by atoms with Gasteiger partial charge in [-0.05, 0) is 19.1 Å². The number of hydrogen-bond donors (Lipinski definition) is 3. The van der Waals surface area contributed by atoms with Crippen LogP contribution in [0, 0.1) is 0 Å². The monoisotopic (exact) mass is 348 g/mol. The molecule has 1 aromatic heterocycles. The lowest BCUT2D eigenvalue weighted by Gasteiger charge is -2.19. The van der Waals surface area contributed by atoms with E-state index in [9.17, 15) is 27.2 Å². The van der Waals surface area contributed by atoms with Gasteiger partial charge in [-0.25, -0.2) is 9.89 Å². The van der Waals surface area contributed by atoms with Crippen molar-refractivity contribution in [1.82, 2.24) is 20.5 Å². The molecule has 0 aliphatic rings. The van der Waals surface area contributed by atoms with Crippen LogP contribution in [0.15, 0.2) is 29.1 Å². The van der Waals surface area contributed by atoms with E-state index in [1.807, 2.05) is 0 Å². The predicted octanol–water partition coefficient (Wildman–Crippen LogP) is 1.83. The number of aromatic nitrogens is 3. The van der Waals surface area contributed by atoms with E-state index in [1.165, 1.54) is 19.1 Å². The van der Waals surface area contributed by atoms with Crippen LogP contribution in [0.25, 0.3) is 0 Å². The van der Waals surface area contributed by atoms with Gasteiger partial charge in [0.05, 0.1) is 11.6 Å². The zero-order chi connectivity index (χ0) is 17.9. The average molecular weight is 348 g/mol. The van der Waals surface area contributed by atoms with Crippen LogP contribution >= 0.6 is 0 Å². The number of halogens is 4. The van der Waals surface area contributed by atoms with E-state index < -0.39 is 35.9 Å². The van der Waals surface area contributed by atoms with Crippen molar-refractivity contribution >= 4 is 5.91 Å². The minimum Gasteiger partial charge on any atom is -0.427 e. The molecule has 0 unspecified atom stereocenters. The highest BCUT2D eigenvalue weighted by molar-refractivity contribution is 5.97. The van der Waals surface area contributed by atoms with E-state index in [4.69, 9.17) is 0 Å². The van der Waals surface area contributed by atoms with Crippen LogP contribution in [0.3, 0.4) is 0 Å². The van der Waals surface area contributed by atoms with Crippen LogP contribution in [0.1, 0.15) is 29.1 Å². The van der Waals surface area contributed by atoms with E-state index in [2.05, 4.69) is 25.2 Å². The predicted molar refractivity (Wildman–Crippen MR) is 73.1 cm³/mol. The number of nitrogens with zero attached hydrogens (tertiary/aromatic N) is 1. The van der Waals surface area contributed by atoms with Crippen LogP contribution < -0.4 is 15.7 Å². The maximum Gasteiger partial charge on any atom is 0.461 e. The standard InChI is InChI=1S/C13H12F4N4O3/c1-6(9-19-12(23)21-20-9)18-10(22)7-4-2-3-5-8(7)24-13(16,17)11(14)15/h2-6,11H,1H3,(H,18,22)(H2,19,20,21,23)/t6-/m1/s1. The van der Waals surface area contributed by atoms with Gasteiger partial charge < -0.3 is 10.1 Å². The molecule has 11 heteroatoms. The molecule has 0 radical (unpaired) electrons. The number of aromatic amines is 2. The summed E-state index contributed by atoms with van der Waals surface area (Å²) in [7, 11) is 0. The number of rotatable bonds is 6. The molecule has 1 atom stereocenters. The number of carbonyl (C=O) groups excluding carboxylic acids is 1. The summed E-state index contributed by atoms with van der Waals surface area (Å²) < 4.78 is 54.6. The molecule has 0 spiro atoms. The molecule has 0 saturated heterocycles. The van der Waals surface area contributed by atoms with Crippen molar-refractivity contribution in [2.45, 2.75) is 25.5 Å². The van der Waals surface area contributed by atoms with Crippen LogP contribution in [0.2, 0.25) is 0 Å². The normalized spacial score (nSPS) is 12.9. The van der Waals surface area contributed by atoms with Crippen molar-refractivity contribution in [1.29, 1.82) is 0 Å². The van der Waals surface area contributed by atoms with E-state index in [-0.39, 0.29) is 11.4 Å². The first-order valence-corrected chi connectivity index (χ1v) is 6.60. The molecular formula is C13H12F4N4O3. The quantitative estimate of drug-likeness (QED) is 0.694. The minimum absolute atomic E-state index is 0.102. The summed E-state index contributed by atoms with van der Waals surface area (Å²) in [5, 5.41) is 8.08. The number of amides is 1. The van der Waals surface area contributed by atoms with Crippen molar-refractivity contribution < 1.29 is 27.1 Å². The van der Waals surface area contributed by atoms with Crippen molar-refractivity contribution in [3.05, 3.63) is 46.1 Å². The lowest BCUT2D eigenvalue weighted by Crippen LogP contribution is -2.35. The molecule has 2 aromatic rings. The number of para-hydroxylation sites is 1. The first-order chi connectivity index (χ1) is 11.2. The molecule has 0 saturated carbocycles. The molecular weight excluding hydrogens is 336 g/mol. The van der Waals surface area contributed by atoms with Crippen LogP contribution in [-0.2, 0) is 0 Å². The van der Waals surface area contributed by atoms with Crippen molar-refractivity contribution in [2.24, 2.45) is 0 Å². The number of alkyl halides is 4. The van der Waals surface area contributed by atoms with Gasteiger partial charge in [-0.2, -0.15) is 22.7 Å². The Morgan fingerprint density at radius 3 is 2.58 bits per heavy atom. The largest absolute Gasteiger partial charge is 0.461 e. The highest BCUT2D eigenvalue weighted by Crippen LogP contribution is 2.29. The minimum atomic E-state index is -4.74. The van der Waals surface area contributed by atoms with Crippen LogP contribution in [-0.4, -0.2) is 33.6 Å². The zero-order valence-electron chi connectivity index (χ0n) is 12.1. The fourth-order valence-corrected chi connectivity index (χ4v) is 1.77. The Kier molecular flexibility index (Phi) is 4.90. The Hall–Kier alpha value is -2.85. The summed E-state index contributed by atoms with van der Waals surface area (Å²) in [6.45, 7) is 1.47. The first-order valence-electron chi connectivity index (χ1n) is 6.60. The van der Waals surface area contributed by atoms with Crippen molar-refractivity contribution in [3.8, 4) is 5.75 Å². The maximum absolute atomic E-state index is 13.0. The number of ether oxygens (including phenoxy) is 1. The topological polar surface area (TPSA) is 99.9 Å². The number of benzene rings is 1. The molecule has 130 valence electrons. The second-order valence-corrected chi connectivity index (χ2v) is 4.72. The number of H-pyrrole nitrogens is 2. The van der Waals surface area contributed by atoms with Crippen molar-refractivity contribution in [2.75, 3.05) is 0 Å². The van der Waals surface area contributed by atoms with Gasteiger partial charge >= 0.3 is 18.2 Å². The van der Waals surface area contributed by atoms with Gasteiger partial charge in [0.1, 0.15) is 5.75 Å². The Balaban J connectivity index is 2.19. The number of hydrogen-bond acceptors (Lipinski definition) is 4. The third-order valence-corrected chi connectivity index (χ3v) is 2.91. The first kappa shape index (κ1) is 17.5. The van der Waals surface area contributed by atoms with Crippen LogP contribution in [0.4, 0.5) is 17.6 Å². The molecule has 1 heterocycles. The molecule has 2 rings (SSSR count). The number of carbonyl (C=O) groups is 1. The van der Waals surface area contributed by atoms with Gasteiger partial charge in [0, 0.05) is 0 Å². The Bertz CT molecular complexity index is 774. The van der Waals surface area contributed by atoms with Gasteiger partial charge in [0.25, 0.3) is 5.91 Å². The second kappa shape index (κ2) is 6.72. The van der Waals surface area contributed by atoms with E-state index >= 15 is 0 Å². The lowest BCUT2D eigenvalue weighted by atomic mass is 10.1. The van der Waals surface area contributed by atoms with Gasteiger partial charge in [-0.3, -0.25) is 9.78 Å². The van der Waals surface area contributed by atoms with E-state index in [0.29, 0.717) is 0 Å². The Morgan fingerprint density at radius 2 is 2.00 bits per heavy atom. The molecule has 24 heavy (non-hydrogen) atoms. The smallest absolute Gasteiger partial charge is 0.427 e. The average Bonchev–Trinajstić information content (AvgIpc) is 2.94. The van der Waals surface area contributed by atoms with Gasteiger partial charge in [-0.15, -0.1) is 0 Å². The van der Waals surface area contributed by atoms with Gasteiger partial charge in [0.15, 0.2) is 5.82 Å². The summed E-state index contributed by atoms with van der Waals surface area (Å²) in [5.74, 6) is -1.47. The highest BCUT2D eigenvalue weighted by atomic mass is 19.3. The summed E-state index contributed by atoms with van der Waals surface area (Å²) in [4.78, 5) is 25.4. The molecule has 0 aliphatic carbocycles. The Labute approximate surface area is 132 Å². The summed E-state index contributed by atoms with van der Waals surface area (Å²) >= 11 is 0. The molecule has 3 N–H and O–H groups in total. The van der Waals surface area contributed by atoms with Gasteiger partial charge in [0.2, 0.25) is 0 Å². The number of nitrogens with one attached hydrogen (secondary N) is 3. The third-order valence-electron chi connectivity index (χ3n) is 2.91. The molecule has 0 aliphatic heterocycles. The maximum atomic E-state index is 13.0. The zero-order valence-corrected chi connectivity index (χ0v) is 12.1. The summed E-state index contributed by atoms with van der Waals surface area (Å²) in [6.07, 6.45) is -8.79. The molecule has 1 aromatic carbocycles. The molecule has 1 amide bonds. The van der Waals surface area contributed by atoms with E-state index in [0.717, 1.165) is 12.1 Å². The van der Waals surface area contributed by atoms with Crippen LogP contribution in [0.5, 0.6) is 5.75 Å². The fraction of sp³-hybridized carbons (Fsp3) is 0.308.